The van der Waals surface area contributed by atoms with Gasteiger partial charge in [0.2, 0.25) is 5.91 Å². The normalized spacial score (nSPS) is 11.3. The van der Waals surface area contributed by atoms with Gasteiger partial charge in [-0.15, -0.1) is 0 Å². The van der Waals surface area contributed by atoms with E-state index in [-0.39, 0.29) is 5.91 Å². The topological polar surface area (TPSA) is 64.7 Å². The molecule has 31 heavy (non-hydrogen) atoms. The minimum atomic E-state index is 0.0923. The SMILES string of the molecule is Cc1cc(C)n(-c2ccc(CCNC(=O)CCc3c(C)nn(CC(C)C)c3C)cc2)n1. The quantitative estimate of drug-likeness (QED) is 0.562. The molecule has 0 unspecified atom stereocenters. The van der Waals surface area contributed by atoms with Gasteiger partial charge >= 0.3 is 0 Å². The van der Waals surface area contributed by atoms with Crippen molar-refractivity contribution in [3.63, 3.8) is 0 Å². The first kappa shape index (κ1) is 22.8. The third kappa shape index (κ3) is 5.84. The summed E-state index contributed by atoms with van der Waals surface area (Å²) in [5.41, 5.74) is 7.82. The maximum Gasteiger partial charge on any atom is 0.220 e. The van der Waals surface area contributed by atoms with Crippen molar-refractivity contribution in [2.24, 2.45) is 5.92 Å². The van der Waals surface area contributed by atoms with Gasteiger partial charge in [-0.1, -0.05) is 26.0 Å². The molecule has 3 aromatic rings. The Bertz CT molecular complexity index is 1030. The van der Waals surface area contributed by atoms with Crippen molar-refractivity contribution in [2.45, 2.75) is 67.3 Å². The van der Waals surface area contributed by atoms with Crippen LogP contribution in [0, 0.1) is 33.6 Å². The Labute approximate surface area is 185 Å². The van der Waals surface area contributed by atoms with Crippen molar-refractivity contribution in [1.29, 1.82) is 0 Å². The molecule has 0 aliphatic heterocycles. The van der Waals surface area contributed by atoms with Gasteiger partial charge in [0.15, 0.2) is 0 Å². The molecule has 0 aliphatic carbocycles. The number of carbonyl (C=O) groups is 1. The zero-order valence-corrected chi connectivity index (χ0v) is 19.7. The first-order valence-electron chi connectivity index (χ1n) is 11.2. The minimum absolute atomic E-state index is 0.0923. The summed E-state index contributed by atoms with van der Waals surface area (Å²) in [6, 6.07) is 10.4. The maximum absolute atomic E-state index is 12.3. The van der Waals surface area contributed by atoms with E-state index in [1.807, 2.05) is 18.5 Å². The molecule has 2 aromatic heterocycles. The van der Waals surface area contributed by atoms with E-state index in [0.717, 1.165) is 42.2 Å². The molecule has 0 saturated heterocycles. The van der Waals surface area contributed by atoms with Crippen LogP contribution in [0.3, 0.4) is 0 Å². The molecule has 0 spiro atoms. The molecule has 166 valence electrons. The van der Waals surface area contributed by atoms with Crippen molar-refractivity contribution < 1.29 is 4.79 Å². The zero-order valence-electron chi connectivity index (χ0n) is 19.7. The monoisotopic (exact) mass is 421 g/mol. The Hall–Kier alpha value is -2.89. The molecular weight excluding hydrogens is 386 g/mol. The molecule has 0 bridgehead atoms. The smallest absolute Gasteiger partial charge is 0.220 e. The maximum atomic E-state index is 12.3. The molecule has 2 heterocycles. The fraction of sp³-hybridized carbons (Fsp3) is 0.480. The molecule has 0 fully saturated rings. The van der Waals surface area contributed by atoms with Crippen LogP contribution < -0.4 is 5.32 Å². The number of amides is 1. The summed E-state index contributed by atoms with van der Waals surface area (Å²) in [5.74, 6) is 0.644. The second-order valence-corrected chi connectivity index (χ2v) is 8.83. The summed E-state index contributed by atoms with van der Waals surface area (Å²) in [5, 5.41) is 12.2. The Morgan fingerprint density at radius 3 is 2.35 bits per heavy atom. The molecule has 1 N–H and O–H groups in total. The molecule has 1 amide bonds. The molecular formula is C25H35N5O. The molecule has 6 nitrogen and oxygen atoms in total. The Balaban J connectivity index is 1.46. The van der Waals surface area contributed by atoms with Gasteiger partial charge in [0.1, 0.15) is 0 Å². The Morgan fingerprint density at radius 2 is 1.74 bits per heavy atom. The van der Waals surface area contributed by atoms with Crippen LogP contribution >= 0.6 is 0 Å². The summed E-state index contributed by atoms with van der Waals surface area (Å²) in [6.45, 7) is 14.1. The summed E-state index contributed by atoms with van der Waals surface area (Å²) in [4.78, 5) is 12.3. The highest BCUT2D eigenvalue weighted by molar-refractivity contribution is 5.76. The van der Waals surface area contributed by atoms with Gasteiger partial charge < -0.3 is 5.32 Å². The van der Waals surface area contributed by atoms with E-state index in [0.29, 0.717) is 18.9 Å². The van der Waals surface area contributed by atoms with Crippen LogP contribution in [0.15, 0.2) is 30.3 Å². The van der Waals surface area contributed by atoms with Gasteiger partial charge in [0, 0.05) is 30.9 Å². The number of nitrogens with one attached hydrogen (secondary N) is 1. The molecule has 0 saturated carbocycles. The molecule has 0 aliphatic rings. The lowest BCUT2D eigenvalue weighted by Gasteiger charge is -2.09. The summed E-state index contributed by atoms with van der Waals surface area (Å²) >= 11 is 0. The molecule has 6 heteroatoms. The van der Waals surface area contributed by atoms with E-state index in [9.17, 15) is 4.79 Å². The highest BCUT2D eigenvalue weighted by atomic mass is 16.1. The van der Waals surface area contributed by atoms with E-state index in [1.165, 1.54) is 16.8 Å². The minimum Gasteiger partial charge on any atom is -0.356 e. The van der Waals surface area contributed by atoms with Crippen molar-refractivity contribution in [3.05, 3.63) is 64.2 Å². The predicted octanol–water partition coefficient (Wildman–Crippen LogP) is 4.25. The van der Waals surface area contributed by atoms with E-state index in [1.54, 1.807) is 0 Å². The Morgan fingerprint density at radius 1 is 1.03 bits per heavy atom. The van der Waals surface area contributed by atoms with Crippen LogP contribution in [-0.4, -0.2) is 32.0 Å². The molecule has 1 aromatic carbocycles. The lowest BCUT2D eigenvalue weighted by molar-refractivity contribution is -0.121. The molecule has 3 rings (SSSR count). The second-order valence-electron chi connectivity index (χ2n) is 8.83. The average Bonchev–Trinajstić information content (AvgIpc) is 3.18. The number of benzene rings is 1. The lowest BCUT2D eigenvalue weighted by Crippen LogP contribution is -2.26. The first-order valence-corrected chi connectivity index (χ1v) is 11.2. The van der Waals surface area contributed by atoms with Gasteiger partial charge in [0.05, 0.1) is 17.1 Å². The van der Waals surface area contributed by atoms with Gasteiger partial charge in [-0.3, -0.25) is 9.48 Å². The van der Waals surface area contributed by atoms with E-state index >= 15 is 0 Å². The number of rotatable bonds is 9. The Kier molecular flexibility index (Phi) is 7.31. The number of carbonyl (C=O) groups excluding carboxylic acids is 1. The van der Waals surface area contributed by atoms with E-state index in [4.69, 9.17) is 0 Å². The van der Waals surface area contributed by atoms with E-state index < -0.39 is 0 Å². The lowest BCUT2D eigenvalue weighted by atomic mass is 10.1. The van der Waals surface area contributed by atoms with Crippen molar-refractivity contribution in [1.82, 2.24) is 24.9 Å². The molecule has 0 atom stereocenters. The first-order chi connectivity index (χ1) is 14.7. The average molecular weight is 422 g/mol. The highest BCUT2D eigenvalue weighted by Crippen LogP contribution is 2.17. The van der Waals surface area contributed by atoms with Gasteiger partial charge in [-0.2, -0.15) is 10.2 Å². The number of hydrogen-bond acceptors (Lipinski definition) is 3. The fourth-order valence-electron chi connectivity index (χ4n) is 3.99. The number of nitrogens with zero attached hydrogens (tertiary/aromatic N) is 4. The van der Waals surface area contributed by atoms with Crippen molar-refractivity contribution in [3.8, 4) is 5.69 Å². The van der Waals surface area contributed by atoms with Crippen LogP contribution in [0.5, 0.6) is 0 Å². The summed E-state index contributed by atoms with van der Waals surface area (Å²) in [7, 11) is 0. The second kappa shape index (κ2) is 9.94. The molecule has 0 radical (unpaired) electrons. The standard InChI is InChI=1S/C25H35N5O/c1-17(2)16-29-21(6)24(20(5)28-29)11-12-25(31)26-14-13-22-7-9-23(10-8-22)30-19(4)15-18(3)27-30/h7-10,15,17H,11-14,16H2,1-6H3,(H,26,31). The number of aromatic nitrogens is 4. The summed E-state index contributed by atoms with van der Waals surface area (Å²) in [6.07, 6.45) is 2.04. The number of hydrogen-bond donors (Lipinski definition) is 1. The summed E-state index contributed by atoms with van der Waals surface area (Å²) < 4.78 is 4.02. The largest absolute Gasteiger partial charge is 0.356 e. The van der Waals surface area contributed by atoms with Crippen LogP contribution in [0.1, 0.15) is 54.2 Å². The predicted molar refractivity (Wildman–Crippen MR) is 125 cm³/mol. The van der Waals surface area contributed by atoms with Gasteiger partial charge in [0.25, 0.3) is 0 Å². The third-order valence-electron chi connectivity index (χ3n) is 5.60. The fourth-order valence-corrected chi connectivity index (χ4v) is 3.99. The van der Waals surface area contributed by atoms with Crippen LogP contribution in [0.4, 0.5) is 0 Å². The zero-order chi connectivity index (χ0) is 22.5. The van der Waals surface area contributed by atoms with Crippen molar-refractivity contribution >= 4 is 5.91 Å². The number of aryl methyl sites for hydroxylation is 3. The highest BCUT2D eigenvalue weighted by Gasteiger charge is 2.13. The van der Waals surface area contributed by atoms with Crippen LogP contribution in [-0.2, 0) is 24.2 Å². The van der Waals surface area contributed by atoms with Gasteiger partial charge in [-0.05, 0) is 75.8 Å². The van der Waals surface area contributed by atoms with E-state index in [2.05, 4.69) is 78.2 Å². The van der Waals surface area contributed by atoms with Gasteiger partial charge in [-0.25, -0.2) is 4.68 Å². The van der Waals surface area contributed by atoms with Crippen LogP contribution in [0.25, 0.3) is 5.69 Å². The van der Waals surface area contributed by atoms with Crippen molar-refractivity contribution in [2.75, 3.05) is 6.54 Å². The third-order valence-corrected chi connectivity index (χ3v) is 5.60. The van der Waals surface area contributed by atoms with Crippen LogP contribution in [0.2, 0.25) is 0 Å².